The summed E-state index contributed by atoms with van der Waals surface area (Å²) < 4.78 is 14.1. The van der Waals surface area contributed by atoms with Crippen molar-refractivity contribution in [3.8, 4) is 0 Å². The molecule has 1 aromatic carbocycles. The highest BCUT2D eigenvalue weighted by Crippen LogP contribution is 2.43. The number of hydrogen-bond acceptors (Lipinski definition) is 4. The Kier molecular flexibility index (Phi) is 5.73. The van der Waals surface area contributed by atoms with E-state index in [1.54, 1.807) is 29.4 Å². The normalized spacial score (nSPS) is 22.1. The Balaban J connectivity index is 1.65. The fraction of sp³-hybridized carbons (Fsp3) is 0.435. The maximum atomic E-state index is 14.1. The van der Waals surface area contributed by atoms with Crippen LogP contribution in [0.25, 0.3) is 0 Å². The van der Waals surface area contributed by atoms with Crippen LogP contribution < -0.4 is 0 Å². The van der Waals surface area contributed by atoms with E-state index >= 15 is 0 Å². The lowest BCUT2D eigenvalue weighted by molar-refractivity contribution is -0.144. The largest absolute Gasteiger partial charge is 0.341 e. The van der Waals surface area contributed by atoms with Crippen molar-refractivity contribution in [2.45, 2.75) is 56.5 Å². The van der Waals surface area contributed by atoms with Gasteiger partial charge in [0.05, 0.1) is 12.0 Å². The van der Waals surface area contributed by atoms with Crippen molar-refractivity contribution in [3.05, 3.63) is 58.0 Å². The summed E-state index contributed by atoms with van der Waals surface area (Å²) in [6.07, 6.45) is 3.32. The summed E-state index contributed by atoms with van der Waals surface area (Å²) in [4.78, 5) is 43.7. The number of imide groups is 1. The van der Waals surface area contributed by atoms with Gasteiger partial charge in [0, 0.05) is 30.8 Å². The molecule has 7 heteroatoms. The minimum atomic E-state index is -1.34. The summed E-state index contributed by atoms with van der Waals surface area (Å²) in [6, 6.07) is 9.53. The first-order valence-electron chi connectivity index (χ1n) is 10.3. The monoisotopic (exact) mass is 428 g/mol. The van der Waals surface area contributed by atoms with Gasteiger partial charge >= 0.3 is 0 Å². The SMILES string of the molecule is CN(Cc1cccs1)C(=O)CC1(c2cccc(F)c2)CC(=O)N(C2CCCC2)C1=O. The van der Waals surface area contributed by atoms with E-state index in [9.17, 15) is 18.8 Å². The fourth-order valence-electron chi connectivity index (χ4n) is 4.66. The van der Waals surface area contributed by atoms with Crippen LogP contribution in [0.5, 0.6) is 0 Å². The van der Waals surface area contributed by atoms with E-state index < -0.39 is 11.2 Å². The lowest BCUT2D eigenvalue weighted by atomic mass is 9.75. The Morgan fingerprint density at radius 2 is 2.00 bits per heavy atom. The molecule has 0 radical (unpaired) electrons. The fourth-order valence-corrected chi connectivity index (χ4v) is 5.42. The molecule has 5 nitrogen and oxygen atoms in total. The van der Waals surface area contributed by atoms with Crippen LogP contribution in [-0.2, 0) is 26.3 Å². The highest BCUT2D eigenvalue weighted by atomic mass is 32.1. The standard InChI is InChI=1S/C23H25FN2O3S/c1-25(15-19-10-5-11-30-19)20(27)13-23(16-6-4-7-17(24)12-16)14-21(28)26(22(23)29)18-8-2-3-9-18/h4-7,10-12,18H,2-3,8-9,13-15H2,1H3. The molecule has 1 saturated carbocycles. The molecule has 2 aromatic rings. The smallest absolute Gasteiger partial charge is 0.241 e. The average Bonchev–Trinajstić information content (AvgIpc) is 3.45. The van der Waals surface area contributed by atoms with Gasteiger partial charge in [-0.05, 0) is 42.0 Å². The molecule has 1 saturated heterocycles. The molecule has 1 unspecified atom stereocenters. The van der Waals surface area contributed by atoms with Crippen LogP contribution in [0, 0.1) is 5.82 Å². The van der Waals surface area contributed by atoms with Gasteiger partial charge in [-0.1, -0.05) is 31.0 Å². The number of benzene rings is 1. The molecule has 1 aliphatic carbocycles. The Bertz CT molecular complexity index is 955. The van der Waals surface area contributed by atoms with Crippen molar-refractivity contribution in [3.63, 3.8) is 0 Å². The number of thiophene rings is 1. The quantitative estimate of drug-likeness (QED) is 0.656. The van der Waals surface area contributed by atoms with Crippen molar-refractivity contribution in [2.24, 2.45) is 0 Å². The molecule has 0 bridgehead atoms. The molecular weight excluding hydrogens is 403 g/mol. The third kappa shape index (κ3) is 3.78. The lowest BCUT2D eigenvalue weighted by Crippen LogP contribution is -2.45. The van der Waals surface area contributed by atoms with E-state index in [0.717, 1.165) is 30.6 Å². The maximum Gasteiger partial charge on any atom is 0.241 e. The van der Waals surface area contributed by atoms with Crippen LogP contribution in [0.2, 0.25) is 0 Å². The first kappa shape index (κ1) is 20.7. The lowest BCUT2D eigenvalue weighted by Gasteiger charge is -2.30. The molecule has 1 aliphatic heterocycles. The minimum Gasteiger partial charge on any atom is -0.341 e. The molecule has 1 aromatic heterocycles. The van der Waals surface area contributed by atoms with Crippen molar-refractivity contribution in [1.82, 2.24) is 9.80 Å². The number of hydrogen-bond donors (Lipinski definition) is 0. The Morgan fingerprint density at radius 1 is 1.23 bits per heavy atom. The van der Waals surface area contributed by atoms with Gasteiger partial charge in [0.25, 0.3) is 0 Å². The minimum absolute atomic E-state index is 0.0929. The van der Waals surface area contributed by atoms with Crippen LogP contribution >= 0.6 is 11.3 Å². The van der Waals surface area contributed by atoms with Crippen molar-refractivity contribution in [1.29, 1.82) is 0 Å². The van der Waals surface area contributed by atoms with Crippen LogP contribution in [-0.4, -0.2) is 40.6 Å². The third-order valence-corrected chi connectivity index (χ3v) is 7.13. The van der Waals surface area contributed by atoms with Gasteiger partial charge in [-0.25, -0.2) is 4.39 Å². The number of nitrogens with zero attached hydrogens (tertiary/aromatic N) is 2. The number of likely N-dealkylation sites (tertiary alicyclic amines) is 1. The summed E-state index contributed by atoms with van der Waals surface area (Å²) >= 11 is 1.55. The Hall–Kier alpha value is -2.54. The number of rotatable bonds is 6. The molecule has 4 rings (SSSR count). The van der Waals surface area contributed by atoms with Crippen LogP contribution in [0.4, 0.5) is 4.39 Å². The molecular formula is C23H25FN2O3S. The molecule has 2 heterocycles. The van der Waals surface area contributed by atoms with Gasteiger partial charge in [0.15, 0.2) is 0 Å². The number of carbonyl (C=O) groups is 3. The topological polar surface area (TPSA) is 57.7 Å². The summed E-state index contributed by atoms with van der Waals surface area (Å²) in [6.45, 7) is 0.435. The zero-order valence-corrected chi connectivity index (χ0v) is 17.8. The van der Waals surface area contributed by atoms with E-state index in [2.05, 4.69) is 0 Å². The van der Waals surface area contributed by atoms with Gasteiger partial charge in [0.2, 0.25) is 17.7 Å². The molecule has 2 fully saturated rings. The number of halogens is 1. The van der Waals surface area contributed by atoms with Crippen molar-refractivity contribution in [2.75, 3.05) is 7.05 Å². The number of carbonyl (C=O) groups excluding carboxylic acids is 3. The highest BCUT2D eigenvalue weighted by Gasteiger charge is 2.55. The summed E-state index contributed by atoms with van der Waals surface area (Å²) in [5, 5.41) is 1.94. The molecule has 2 aliphatic rings. The maximum absolute atomic E-state index is 14.1. The van der Waals surface area contributed by atoms with E-state index in [1.165, 1.54) is 23.1 Å². The van der Waals surface area contributed by atoms with Gasteiger partial charge in [-0.15, -0.1) is 11.3 Å². The van der Waals surface area contributed by atoms with E-state index in [0.29, 0.717) is 12.1 Å². The summed E-state index contributed by atoms with van der Waals surface area (Å²) in [5.74, 6) is -1.33. The molecule has 0 spiro atoms. The van der Waals surface area contributed by atoms with Crippen molar-refractivity contribution < 1.29 is 18.8 Å². The summed E-state index contributed by atoms with van der Waals surface area (Å²) in [5.41, 5.74) is -0.943. The molecule has 1 atom stereocenters. The molecule has 3 amide bonds. The van der Waals surface area contributed by atoms with E-state index in [4.69, 9.17) is 0 Å². The third-order valence-electron chi connectivity index (χ3n) is 6.27. The Morgan fingerprint density at radius 3 is 2.67 bits per heavy atom. The average molecular weight is 429 g/mol. The molecule has 30 heavy (non-hydrogen) atoms. The zero-order chi connectivity index (χ0) is 21.3. The second kappa shape index (κ2) is 8.30. The van der Waals surface area contributed by atoms with Gasteiger partial charge in [-0.3, -0.25) is 19.3 Å². The van der Waals surface area contributed by atoms with Gasteiger partial charge in [0.1, 0.15) is 5.82 Å². The van der Waals surface area contributed by atoms with Crippen LogP contribution in [0.1, 0.15) is 49.0 Å². The first-order chi connectivity index (χ1) is 14.4. The van der Waals surface area contributed by atoms with Crippen LogP contribution in [0.3, 0.4) is 0 Å². The molecule has 158 valence electrons. The second-order valence-electron chi connectivity index (χ2n) is 8.28. The van der Waals surface area contributed by atoms with Crippen molar-refractivity contribution >= 4 is 29.1 Å². The summed E-state index contributed by atoms with van der Waals surface area (Å²) in [7, 11) is 1.69. The second-order valence-corrected chi connectivity index (χ2v) is 9.31. The van der Waals surface area contributed by atoms with Gasteiger partial charge < -0.3 is 4.90 Å². The van der Waals surface area contributed by atoms with Crippen LogP contribution in [0.15, 0.2) is 41.8 Å². The Labute approximate surface area is 179 Å². The van der Waals surface area contributed by atoms with E-state index in [1.807, 2.05) is 17.5 Å². The highest BCUT2D eigenvalue weighted by molar-refractivity contribution is 7.09. The molecule has 0 N–H and O–H groups in total. The van der Waals surface area contributed by atoms with E-state index in [-0.39, 0.29) is 36.6 Å². The number of amides is 3. The predicted octanol–water partition coefficient (Wildman–Crippen LogP) is 3.88. The van der Waals surface area contributed by atoms with Gasteiger partial charge in [-0.2, -0.15) is 0 Å². The first-order valence-corrected chi connectivity index (χ1v) is 11.2. The zero-order valence-electron chi connectivity index (χ0n) is 17.0. The predicted molar refractivity (Wildman–Crippen MR) is 112 cm³/mol.